The van der Waals surface area contributed by atoms with Gasteiger partial charge >= 0.3 is 6.01 Å². The zero-order chi connectivity index (χ0) is 22.9. The van der Waals surface area contributed by atoms with E-state index >= 15 is 0 Å². The lowest BCUT2D eigenvalue weighted by atomic mass is 10.2. The maximum absolute atomic E-state index is 9.87. The Morgan fingerprint density at radius 3 is 2.61 bits per heavy atom. The van der Waals surface area contributed by atoms with Crippen LogP contribution in [-0.2, 0) is 11.5 Å². The van der Waals surface area contributed by atoms with E-state index in [4.69, 9.17) is 20.3 Å². The zero-order valence-corrected chi connectivity index (χ0v) is 20.0. The van der Waals surface area contributed by atoms with E-state index in [1.165, 1.54) is 0 Å². The molecule has 2 rings (SSSR count). The molecule has 0 aliphatic rings. The number of nitrogens with two attached hydrogens (primary N) is 1. The molecule has 9 heteroatoms. The van der Waals surface area contributed by atoms with Crippen molar-refractivity contribution < 1.29 is 14.6 Å². The van der Waals surface area contributed by atoms with Crippen molar-refractivity contribution in [3.05, 3.63) is 11.3 Å². The summed E-state index contributed by atoms with van der Waals surface area (Å²) >= 11 is 0. The molecule has 0 aromatic carbocycles. The Morgan fingerprint density at radius 1 is 1.19 bits per heavy atom. The molecule has 3 N–H and O–H groups in total. The van der Waals surface area contributed by atoms with Crippen LogP contribution in [0.2, 0.25) is 25.7 Å². The Balaban J connectivity index is 2.47. The molecular formula is C22H33N5O3Si. The van der Waals surface area contributed by atoms with Crippen LogP contribution in [0.3, 0.4) is 0 Å². The van der Waals surface area contributed by atoms with Gasteiger partial charge in [-0.25, -0.2) is 0 Å². The molecule has 0 spiro atoms. The van der Waals surface area contributed by atoms with Crippen molar-refractivity contribution in [1.82, 2.24) is 14.5 Å². The van der Waals surface area contributed by atoms with Crippen LogP contribution in [0.4, 0.5) is 5.82 Å². The normalized spacial score (nSPS) is 11.2. The average molecular weight is 444 g/mol. The van der Waals surface area contributed by atoms with Crippen LogP contribution in [0.1, 0.15) is 43.9 Å². The minimum Gasteiger partial charge on any atom is -0.463 e. The number of unbranched alkanes of at least 4 members (excludes halogenated alkanes) is 2. The van der Waals surface area contributed by atoms with Gasteiger partial charge in [0.15, 0.2) is 5.82 Å². The number of ether oxygens (including phenoxy) is 2. The van der Waals surface area contributed by atoms with E-state index in [0.29, 0.717) is 48.3 Å². The number of nitrogen functional groups attached to an aromatic ring is 1. The first kappa shape index (κ1) is 24.7. The van der Waals surface area contributed by atoms with Gasteiger partial charge in [-0.3, -0.25) is 0 Å². The van der Waals surface area contributed by atoms with Gasteiger partial charge in [0.2, 0.25) is 0 Å². The van der Waals surface area contributed by atoms with E-state index in [0.717, 1.165) is 18.9 Å². The van der Waals surface area contributed by atoms with Crippen molar-refractivity contribution in [2.24, 2.45) is 0 Å². The summed E-state index contributed by atoms with van der Waals surface area (Å²) in [6.07, 6.45) is 2.95. The van der Waals surface area contributed by atoms with E-state index in [-0.39, 0.29) is 25.2 Å². The van der Waals surface area contributed by atoms with Gasteiger partial charge in [-0.15, -0.1) is 0 Å². The Labute approximate surface area is 185 Å². The zero-order valence-electron chi connectivity index (χ0n) is 19.0. The summed E-state index contributed by atoms with van der Waals surface area (Å²) in [4.78, 5) is 8.80. The predicted octanol–water partition coefficient (Wildman–Crippen LogP) is 3.50. The number of aliphatic hydroxyl groups excluding tert-OH is 1. The molecule has 2 heterocycles. The number of nitrogens with zero attached hydrogens (tertiary/aromatic N) is 4. The molecule has 0 radical (unpaired) electrons. The third kappa shape index (κ3) is 6.96. The van der Waals surface area contributed by atoms with Crippen LogP contribution in [0.25, 0.3) is 11.0 Å². The molecule has 0 fully saturated rings. The quantitative estimate of drug-likeness (QED) is 0.310. The van der Waals surface area contributed by atoms with Crippen LogP contribution in [0.5, 0.6) is 6.01 Å². The van der Waals surface area contributed by atoms with E-state index in [2.05, 4.69) is 54.4 Å². The number of aromatic nitrogens is 3. The lowest BCUT2D eigenvalue weighted by Gasteiger charge is -2.16. The van der Waals surface area contributed by atoms with E-state index < -0.39 is 8.07 Å². The van der Waals surface area contributed by atoms with Crippen molar-refractivity contribution in [3.8, 4) is 23.9 Å². The molecule has 0 bridgehead atoms. The molecule has 0 aliphatic carbocycles. The third-order valence-corrected chi connectivity index (χ3v) is 6.33. The summed E-state index contributed by atoms with van der Waals surface area (Å²) in [6.45, 7) is 10.3. The summed E-state index contributed by atoms with van der Waals surface area (Å²) in [5.41, 5.74) is 8.10. The van der Waals surface area contributed by atoms with Crippen LogP contribution in [0.15, 0.2) is 0 Å². The molecule has 31 heavy (non-hydrogen) atoms. The summed E-state index contributed by atoms with van der Waals surface area (Å²) in [5, 5.41) is 18.9. The van der Waals surface area contributed by atoms with Gasteiger partial charge in [0.05, 0.1) is 12.2 Å². The summed E-state index contributed by atoms with van der Waals surface area (Å²) in [7, 11) is -1.23. The topological polar surface area (TPSA) is 119 Å². The highest BCUT2D eigenvalue weighted by atomic mass is 28.3. The molecule has 0 amide bonds. The molecule has 0 unspecified atom stereocenters. The van der Waals surface area contributed by atoms with Crippen molar-refractivity contribution in [2.45, 2.75) is 65.0 Å². The average Bonchev–Trinajstić information content (AvgIpc) is 3.01. The van der Waals surface area contributed by atoms with E-state index in [9.17, 15) is 5.26 Å². The monoisotopic (exact) mass is 443 g/mol. The summed E-state index contributed by atoms with van der Waals surface area (Å²) in [6, 6.07) is 3.42. The Kier molecular flexibility index (Phi) is 9.32. The Bertz CT molecular complexity index is 980. The van der Waals surface area contributed by atoms with Gasteiger partial charge in [0, 0.05) is 27.7 Å². The minimum absolute atomic E-state index is 0.0665. The van der Waals surface area contributed by atoms with Crippen molar-refractivity contribution in [2.75, 3.05) is 25.6 Å². The second-order valence-corrected chi connectivity index (χ2v) is 14.2. The van der Waals surface area contributed by atoms with Gasteiger partial charge in [-0.1, -0.05) is 44.8 Å². The van der Waals surface area contributed by atoms with Gasteiger partial charge in [-0.05, 0) is 18.9 Å². The second-order valence-electron chi connectivity index (χ2n) is 8.53. The fourth-order valence-electron chi connectivity index (χ4n) is 2.84. The fourth-order valence-corrected chi connectivity index (χ4v) is 3.60. The highest BCUT2D eigenvalue weighted by molar-refractivity contribution is 6.76. The molecule has 0 atom stereocenters. The maximum atomic E-state index is 9.87. The highest BCUT2D eigenvalue weighted by Crippen LogP contribution is 2.29. The number of hydrogen-bond acceptors (Lipinski definition) is 7. The lowest BCUT2D eigenvalue weighted by Crippen LogP contribution is -2.22. The van der Waals surface area contributed by atoms with Crippen molar-refractivity contribution >= 4 is 24.9 Å². The number of nitriles is 1. The first-order valence-electron chi connectivity index (χ1n) is 10.7. The Hall–Kier alpha value is -2.59. The van der Waals surface area contributed by atoms with Crippen molar-refractivity contribution in [1.29, 1.82) is 5.26 Å². The Morgan fingerprint density at radius 2 is 1.97 bits per heavy atom. The fraction of sp³-hybridized carbons (Fsp3) is 0.591. The summed E-state index contributed by atoms with van der Waals surface area (Å²) in [5.74, 6) is 6.28. The minimum atomic E-state index is -1.23. The molecule has 8 nitrogen and oxygen atoms in total. The van der Waals surface area contributed by atoms with Crippen LogP contribution in [0, 0.1) is 23.2 Å². The first-order valence-corrected chi connectivity index (χ1v) is 14.4. The predicted molar refractivity (Wildman–Crippen MR) is 124 cm³/mol. The number of hydrogen-bond donors (Lipinski definition) is 2. The lowest BCUT2D eigenvalue weighted by molar-refractivity contribution is 0.0897. The summed E-state index contributed by atoms with van der Waals surface area (Å²) < 4.78 is 13.2. The maximum Gasteiger partial charge on any atom is 0.319 e. The van der Waals surface area contributed by atoms with Gasteiger partial charge in [-0.2, -0.15) is 15.2 Å². The standard InChI is InChI=1S/C22H33N5O3Si/c1-5-6-12-30-22-25-19-17(10-8-7-9-11-28)18(15-23)27(20(19)21(24)26-22)16-29-13-14-31(2,3)4/h28H,5-7,9,11-14,16H2,1-4H3,(H2,24,25,26). The van der Waals surface area contributed by atoms with Gasteiger partial charge in [0.1, 0.15) is 29.5 Å². The van der Waals surface area contributed by atoms with Crippen LogP contribution >= 0.6 is 0 Å². The van der Waals surface area contributed by atoms with Crippen molar-refractivity contribution in [3.63, 3.8) is 0 Å². The van der Waals surface area contributed by atoms with Crippen LogP contribution < -0.4 is 10.5 Å². The van der Waals surface area contributed by atoms with E-state index in [1.54, 1.807) is 4.57 Å². The molecule has 168 valence electrons. The first-order chi connectivity index (χ1) is 14.8. The van der Waals surface area contributed by atoms with Gasteiger partial charge < -0.3 is 24.9 Å². The van der Waals surface area contributed by atoms with E-state index in [1.807, 2.05) is 0 Å². The highest BCUT2D eigenvalue weighted by Gasteiger charge is 2.22. The third-order valence-electron chi connectivity index (χ3n) is 4.63. The number of fused-ring (bicyclic) bond motifs is 1. The second kappa shape index (κ2) is 11.7. The number of aliphatic hydroxyl groups is 1. The number of anilines is 1. The SMILES string of the molecule is CCCCOc1nc(N)c2c(n1)c(C#CCCCO)c(C#N)n2COCC[Si](C)(C)C. The smallest absolute Gasteiger partial charge is 0.319 e. The van der Waals surface area contributed by atoms with Gasteiger partial charge in [0.25, 0.3) is 0 Å². The number of rotatable bonds is 11. The molecule has 2 aromatic rings. The molecular weight excluding hydrogens is 410 g/mol. The molecule has 2 aromatic heterocycles. The molecule has 0 saturated heterocycles. The largest absolute Gasteiger partial charge is 0.463 e. The molecule has 0 saturated carbocycles. The van der Waals surface area contributed by atoms with Crippen LogP contribution in [-0.4, -0.2) is 47.5 Å². The molecule has 0 aliphatic heterocycles.